The van der Waals surface area contributed by atoms with Crippen LogP contribution >= 0.6 is 35.0 Å². The highest BCUT2D eigenvalue weighted by Gasteiger charge is 2.23. The molecule has 0 saturated heterocycles. The molecule has 3 heteroatoms. The third-order valence-electron chi connectivity index (χ3n) is 1.93. The highest BCUT2D eigenvalue weighted by molar-refractivity contribution is 8.06. The van der Waals surface area contributed by atoms with Gasteiger partial charge in [0.15, 0.2) is 0 Å². The van der Waals surface area contributed by atoms with Crippen molar-refractivity contribution in [3.05, 3.63) is 51.0 Å². The van der Waals surface area contributed by atoms with Gasteiger partial charge in [0.05, 0.1) is 0 Å². The van der Waals surface area contributed by atoms with Crippen molar-refractivity contribution in [2.75, 3.05) is 0 Å². The molecule has 0 bridgehead atoms. The highest BCUT2D eigenvalue weighted by Crippen LogP contribution is 2.45. The molecule has 1 aliphatic heterocycles. The molecular formula is C10H7Cl2S. The summed E-state index contributed by atoms with van der Waals surface area (Å²) in [6.45, 7) is 0. The molecule has 1 unspecified atom stereocenters. The molecule has 1 aromatic carbocycles. The first kappa shape index (κ1) is 9.45. The Bertz CT molecular complexity index is 318. The maximum absolute atomic E-state index is 6.04. The van der Waals surface area contributed by atoms with Gasteiger partial charge in [-0.05, 0) is 23.1 Å². The molecule has 1 radical (unpaired) electrons. The Labute approximate surface area is 91.9 Å². The first-order valence-electron chi connectivity index (χ1n) is 3.88. The van der Waals surface area contributed by atoms with Gasteiger partial charge >= 0.3 is 0 Å². The topological polar surface area (TPSA) is 0 Å². The van der Waals surface area contributed by atoms with E-state index in [1.807, 2.05) is 29.7 Å². The van der Waals surface area contributed by atoms with E-state index in [9.17, 15) is 0 Å². The summed E-state index contributed by atoms with van der Waals surface area (Å²) in [5.74, 6) is 0.240. The Kier molecular flexibility index (Phi) is 2.87. The predicted molar refractivity (Wildman–Crippen MR) is 60.0 cm³/mol. The van der Waals surface area contributed by atoms with Crippen molar-refractivity contribution < 1.29 is 0 Å². The van der Waals surface area contributed by atoms with Crippen molar-refractivity contribution in [1.82, 2.24) is 0 Å². The zero-order valence-corrected chi connectivity index (χ0v) is 9.03. The van der Waals surface area contributed by atoms with Crippen LogP contribution in [-0.4, -0.2) is 0 Å². The second kappa shape index (κ2) is 3.95. The lowest BCUT2D eigenvalue weighted by Gasteiger charge is -2.10. The Morgan fingerprint density at radius 2 is 1.77 bits per heavy atom. The van der Waals surface area contributed by atoms with Crippen molar-refractivity contribution in [1.29, 1.82) is 0 Å². The maximum Gasteiger partial charge on any atom is 0.133 e. The molecule has 0 spiro atoms. The molecule has 67 valence electrons. The van der Waals surface area contributed by atoms with E-state index in [1.54, 1.807) is 11.8 Å². The van der Waals surface area contributed by atoms with Gasteiger partial charge in [0, 0.05) is 10.9 Å². The average Bonchev–Trinajstić information content (AvgIpc) is 2.53. The summed E-state index contributed by atoms with van der Waals surface area (Å²) in [6.07, 6.45) is 2.09. The predicted octanol–water partition coefficient (Wildman–Crippen LogP) is 4.41. The normalized spacial score (nSPS) is 22.5. The van der Waals surface area contributed by atoms with Gasteiger partial charge in [0.1, 0.15) is 4.71 Å². The van der Waals surface area contributed by atoms with E-state index >= 15 is 0 Å². The van der Waals surface area contributed by atoms with Crippen molar-refractivity contribution >= 4 is 35.0 Å². The number of hydrogen-bond acceptors (Lipinski definition) is 1. The van der Waals surface area contributed by atoms with Gasteiger partial charge in [-0.15, -0.1) is 23.4 Å². The molecule has 0 aliphatic carbocycles. The number of allylic oxidation sites excluding steroid dienone is 1. The SMILES string of the molecule is Cl[C]1SC=CC1c1ccc(Cl)cc1. The Morgan fingerprint density at radius 3 is 2.31 bits per heavy atom. The molecule has 0 N–H and O–H groups in total. The standard InChI is InChI=1S/C10H7Cl2S/c11-8-3-1-7(2-4-8)9-5-6-13-10(9)12/h1-6,9H. The van der Waals surface area contributed by atoms with Crippen LogP contribution in [0.15, 0.2) is 35.7 Å². The molecule has 1 atom stereocenters. The fourth-order valence-electron chi connectivity index (χ4n) is 1.24. The molecule has 0 aromatic heterocycles. The summed E-state index contributed by atoms with van der Waals surface area (Å²) in [5.41, 5.74) is 1.19. The van der Waals surface area contributed by atoms with E-state index in [-0.39, 0.29) is 5.92 Å². The van der Waals surface area contributed by atoms with Crippen molar-refractivity contribution in [3.8, 4) is 0 Å². The van der Waals surface area contributed by atoms with E-state index in [0.717, 1.165) is 9.73 Å². The third kappa shape index (κ3) is 2.04. The molecule has 2 rings (SSSR count). The van der Waals surface area contributed by atoms with Gasteiger partial charge in [-0.25, -0.2) is 0 Å². The first-order chi connectivity index (χ1) is 6.27. The molecule has 0 amide bonds. The van der Waals surface area contributed by atoms with E-state index in [2.05, 4.69) is 6.08 Å². The summed E-state index contributed by atoms with van der Waals surface area (Å²) in [7, 11) is 0. The van der Waals surface area contributed by atoms with E-state index in [0.29, 0.717) is 0 Å². The van der Waals surface area contributed by atoms with Crippen molar-refractivity contribution in [2.24, 2.45) is 0 Å². The van der Waals surface area contributed by atoms with Crippen LogP contribution in [0, 0.1) is 4.71 Å². The maximum atomic E-state index is 6.04. The average molecular weight is 230 g/mol. The van der Waals surface area contributed by atoms with Crippen molar-refractivity contribution in [2.45, 2.75) is 5.92 Å². The number of hydrogen-bond donors (Lipinski definition) is 0. The lowest BCUT2D eigenvalue weighted by atomic mass is 10.0. The molecular weight excluding hydrogens is 223 g/mol. The molecule has 13 heavy (non-hydrogen) atoms. The minimum atomic E-state index is 0.240. The zero-order valence-electron chi connectivity index (χ0n) is 6.71. The summed E-state index contributed by atoms with van der Waals surface area (Å²) in [4.78, 5) is 0. The molecule has 1 aromatic rings. The molecule has 1 heterocycles. The quantitative estimate of drug-likeness (QED) is 0.688. The number of benzene rings is 1. The summed E-state index contributed by atoms with van der Waals surface area (Å²) >= 11 is 13.4. The minimum absolute atomic E-state index is 0.240. The Morgan fingerprint density at radius 1 is 1.08 bits per heavy atom. The number of halogens is 2. The van der Waals surface area contributed by atoms with Crippen LogP contribution in [0.1, 0.15) is 11.5 Å². The zero-order chi connectivity index (χ0) is 9.26. The second-order valence-corrected chi connectivity index (χ2v) is 4.80. The lowest BCUT2D eigenvalue weighted by molar-refractivity contribution is 1.05. The lowest BCUT2D eigenvalue weighted by Crippen LogP contribution is -1.94. The van der Waals surface area contributed by atoms with Crippen LogP contribution in [0.4, 0.5) is 0 Å². The summed E-state index contributed by atoms with van der Waals surface area (Å²) < 4.78 is 0.905. The molecule has 0 fully saturated rings. The highest BCUT2D eigenvalue weighted by atomic mass is 35.5. The van der Waals surface area contributed by atoms with Crippen LogP contribution in [0.3, 0.4) is 0 Å². The second-order valence-electron chi connectivity index (χ2n) is 2.78. The molecule has 0 saturated carbocycles. The van der Waals surface area contributed by atoms with Crippen LogP contribution in [0.5, 0.6) is 0 Å². The first-order valence-corrected chi connectivity index (χ1v) is 5.52. The van der Waals surface area contributed by atoms with Gasteiger partial charge in [-0.1, -0.05) is 29.8 Å². The monoisotopic (exact) mass is 229 g/mol. The Hall–Kier alpha value is -0.110. The van der Waals surface area contributed by atoms with Crippen LogP contribution in [-0.2, 0) is 0 Å². The fraction of sp³-hybridized carbons (Fsp3) is 0.100. The fourth-order valence-corrected chi connectivity index (χ4v) is 2.45. The van der Waals surface area contributed by atoms with Gasteiger partial charge in [-0.2, -0.15) is 0 Å². The van der Waals surface area contributed by atoms with E-state index in [4.69, 9.17) is 23.2 Å². The van der Waals surface area contributed by atoms with Gasteiger partial charge < -0.3 is 0 Å². The summed E-state index contributed by atoms with van der Waals surface area (Å²) in [6, 6.07) is 7.78. The van der Waals surface area contributed by atoms with Crippen molar-refractivity contribution in [3.63, 3.8) is 0 Å². The van der Waals surface area contributed by atoms with Gasteiger partial charge in [-0.3, -0.25) is 0 Å². The van der Waals surface area contributed by atoms with Gasteiger partial charge in [0.2, 0.25) is 0 Å². The van der Waals surface area contributed by atoms with E-state index < -0.39 is 0 Å². The largest absolute Gasteiger partial charge is 0.133 e. The van der Waals surface area contributed by atoms with Crippen LogP contribution in [0.25, 0.3) is 0 Å². The Balaban J connectivity index is 2.25. The third-order valence-corrected chi connectivity index (χ3v) is 3.45. The summed E-state index contributed by atoms with van der Waals surface area (Å²) in [5, 5.41) is 2.77. The van der Waals surface area contributed by atoms with E-state index in [1.165, 1.54) is 5.56 Å². The van der Waals surface area contributed by atoms with Crippen LogP contribution < -0.4 is 0 Å². The minimum Gasteiger partial charge on any atom is -0.107 e. The molecule has 0 nitrogen and oxygen atoms in total. The van der Waals surface area contributed by atoms with Gasteiger partial charge in [0.25, 0.3) is 0 Å². The number of thioether (sulfide) groups is 1. The smallest absolute Gasteiger partial charge is 0.107 e. The number of rotatable bonds is 1. The van der Waals surface area contributed by atoms with Crippen LogP contribution in [0.2, 0.25) is 5.02 Å². The molecule has 1 aliphatic rings.